The van der Waals surface area contributed by atoms with Gasteiger partial charge in [-0.2, -0.15) is 0 Å². The Bertz CT molecular complexity index is 723. The van der Waals surface area contributed by atoms with Crippen molar-refractivity contribution in [1.82, 2.24) is 14.9 Å². The average molecular weight is 301 g/mol. The lowest BCUT2D eigenvalue weighted by molar-refractivity contribution is -0.122. The highest BCUT2D eigenvalue weighted by atomic mass is 16.5. The molecule has 0 saturated heterocycles. The van der Waals surface area contributed by atoms with Crippen LogP contribution in [-0.4, -0.2) is 28.6 Å². The lowest BCUT2D eigenvalue weighted by atomic mass is 10.1. The molecule has 1 aromatic carbocycles. The predicted molar refractivity (Wildman–Crippen MR) is 83.8 cm³/mol. The predicted octanol–water partition coefficient (Wildman–Crippen LogP) is 1.44. The summed E-state index contributed by atoms with van der Waals surface area (Å²) in [5.41, 5.74) is 0.971. The number of methoxy groups -OCH3 is 1. The number of amides is 1. The number of aromatic nitrogens is 2. The fourth-order valence-electron chi connectivity index (χ4n) is 2.07. The molecule has 0 aliphatic carbocycles. The molecular formula is C16H19N3O3. The van der Waals surface area contributed by atoms with Crippen molar-refractivity contribution in [1.29, 1.82) is 0 Å². The van der Waals surface area contributed by atoms with Crippen LogP contribution in [0.5, 0.6) is 5.75 Å². The quantitative estimate of drug-likeness (QED) is 0.907. The summed E-state index contributed by atoms with van der Waals surface area (Å²) < 4.78 is 6.54. The Kier molecular flexibility index (Phi) is 4.93. The fourth-order valence-corrected chi connectivity index (χ4v) is 2.07. The first-order valence-corrected chi connectivity index (χ1v) is 7.00. The zero-order valence-corrected chi connectivity index (χ0v) is 12.9. The highest BCUT2D eigenvalue weighted by molar-refractivity contribution is 5.76. The largest absolute Gasteiger partial charge is 0.496 e. The van der Waals surface area contributed by atoms with E-state index in [1.807, 2.05) is 32.0 Å². The third kappa shape index (κ3) is 3.72. The van der Waals surface area contributed by atoms with Crippen molar-refractivity contribution in [2.75, 3.05) is 7.11 Å². The van der Waals surface area contributed by atoms with Gasteiger partial charge in [0.1, 0.15) is 12.3 Å². The molecule has 22 heavy (non-hydrogen) atoms. The maximum Gasteiger partial charge on any atom is 0.254 e. The molecule has 0 spiro atoms. The molecule has 0 unspecified atom stereocenters. The van der Waals surface area contributed by atoms with Crippen LogP contribution in [0.3, 0.4) is 0 Å². The minimum atomic E-state index is -0.283. The third-order valence-corrected chi connectivity index (χ3v) is 3.03. The fraction of sp³-hybridized carbons (Fsp3) is 0.312. The van der Waals surface area contributed by atoms with Gasteiger partial charge in [-0.15, -0.1) is 0 Å². The third-order valence-electron chi connectivity index (χ3n) is 3.03. The molecule has 6 heteroatoms. The van der Waals surface area contributed by atoms with E-state index in [0.29, 0.717) is 11.4 Å². The van der Waals surface area contributed by atoms with Gasteiger partial charge in [-0.25, -0.2) is 4.98 Å². The first kappa shape index (κ1) is 15.8. The first-order chi connectivity index (χ1) is 10.5. The number of nitrogens with zero attached hydrogens (tertiary/aromatic N) is 2. The van der Waals surface area contributed by atoms with E-state index in [-0.39, 0.29) is 24.1 Å². The van der Waals surface area contributed by atoms with Crippen molar-refractivity contribution >= 4 is 5.91 Å². The summed E-state index contributed by atoms with van der Waals surface area (Å²) in [6, 6.07) is 8.76. The van der Waals surface area contributed by atoms with Crippen LogP contribution in [0.1, 0.15) is 13.8 Å². The van der Waals surface area contributed by atoms with Crippen molar-refractivity contribution in [3.8, 4) is 17.0 Å². The van der Waals surface area contributed by atoms with Gasteiger partial charge in [0.15, 0.2) is 0 Å². The molecule has 6 nitrogen and oxygen atoms in total. The average Bonchev–Trinajstić information content (AvgIpc) is 2.48. The van der Waals surface area contributed by atoms with Crippen LogP contribution >= 0.6 is 0 Å². The SMILES string of the molecule is COc1ccccc1-c1cc(=O)n(CC(=O)NC(C)C)cn1. The summed E-state index contributed by atoms with van der Waals surface area (Å²) >= 11 is 0. The van der Waals surface area contributed by atoms with Crippen molar-refractivity contribution in [2.45, 2.75) is 26.4 Å². The van der Waals surface area contributed by atoms with Crippen LogP contribution in [0.15, 0.2) is 41.5 Å². The number of ether oxygens (including phenoxy) is 1. The van der Waals surface area contributed by atoms with Crippen molar-refractivity contribution in [2.24, 2.45) is 0 Å². The highest BCUT2D eigenvalue weighted by Crippen LogP contribution is 2.26. The molecule has 1 amide bonds. The zero-order chi connectivity index (χ0) is 16.1. The van der Waals surface area contributed by atoms with E-state index in [0.717, 1.165) is 5.56 Å². The lowest BCUT2D eigenvalue weighted by Crippen LogP contribution is -2.36. The van der Waals surface area contributed by atoms with E-state index in [9.17, 15) is 9.59 Å². The van der Waals surface area contributed by atoms with E-state index in [2.05, 4.69) is 10.3 Å². The topological polar surface area (TPSA) is 73.2 Å². The van der Waals surface area contributed by atoms with E-state index in [1.54, 1.807) is 13.2 Å². The lowest BCUT2D eigenvalue weighted by Gasteiger charge is -2.11. The molecule has 0 atom stereocenters. The van der Waals surface area contributed by atoms with Crippen molar-refractivity contribution in [3.05, 3.63) is 47.0 Å². The highest BCUT2D eigenvalue weighted by Gasteiger charge is 2.10. The van der Waals surface area contributed by atoms with Gasteiger partial charge in [0.25, 0.3) is 5.56 Å². The van der Waals surface area contributed by atoms with Gasteiger partial charge in [-0.1, -0.05) is 12.1 Å². The van der Waals surface area contributed by atoms with E-state index in [4.69, 9.17) is 4.74 Å². The molecule has 0 fully saturated rings. The standard InChI is InChI=1S/C16H19N3O3/c1-11(2)18-15(20)9-19-10-17-13(8-16(19)21)12-6-4-5-7-14(12)22-3/h4-8,10-11H,9H2,1-3H3,(H,18,20). The second kappa shape index (κ2) is 6.89. The Morgan fingerprint density at radius 1 is 1.36 bits per heavy atom. The maximum absolute atomic E-state index is 12.1. The van der Waals surface area contributed by atoms with Gasteiger partial charge in [0.05, 0.1) is 19.1 Å². The van der Waals surface area contributed by atoms with Gasteiger partial charge in [-0.05, 0) is 26.0 Å². The molecule has 0 saturated carbocycles. The van der Waals surface area contributed by atoms with Crippen molar-refractivity contribution < 1.29 is 9.53 Å². The Balaban J connectivity index is 2.27. The van der Waals surface area contributed by atoms with Crippen LogP contribution in [-0.2, 0) is 11.3 Å². The normalized spacial score (nSPS) is 10.5. The second-order valence-electron chi connectivity index (χ2n) is 5.16. The summed E-state index contributed by atoms with van der Waals surface area (Å²) in [6.45, 7) is 3.68. The maximum atomic E-state index is 12.1. The van der Waals surface area contributed by atoms with Crippen LogP contribution < -0.4 is 15.6 Å². The number of carbonyl (C=O) groups excluding carboxylic acids is 1. The molecular weight excluding hydrogens is 282 g/mol. The van der Waals surface area contributed by atoms with Gasteiger partial charge in [0.2, 0.25) is 5.91 Å². The summed E-state index contributed by atoms with van der Waals surface area (Å²) in [6.07, 6.45) is 1.38. The summed E-state index contributed by atoms with van der Waals surface area (Å²) in [4.78, 5) is 28.1. The summed E-state index contributed by atoms with van der Waals surface area (Å²) in [5, 5.41) is 2.74. The molecule has 2 aromatic rings. The number of carbonyl (C=O) groups is 1. The molecule has 1 aromatic heterocycles. The number of nitrogens with one attached hydrogen (secondary N) is 1. The Morgan fingerprint density at radius 2 is 2.09 bits per heavy atom. The number of para-hydroxylation sites is 1. The number of hydrogen-bond acceptors (Lipinski definition) is 4. The van der Waals surface area contributed by atoms with Gasteiger partial charge >= 0.3 is 0 Å². The minimum Gasteiger partial charge on any atom is -0.496 e. The zero-order valence-electron chi connectivity index (χ0n) is 12.9. The number of rotatable bonds is 5. The van der Waals surface area contributed by atoms with Crippen LogP contribution in [0.4, 0.5) is 0 Å². The minimum absolute atomic E-state index is 0.0315. The molecule has 1 N–H and O–H groups in total. The monoisotopic (exact) mass is 301 g/mol. The number of benzene rings is 1. The van der Waals surface area contributed by atoms with Gasteiger partial charge in [0, 0.05) is 17.7 Å². The van der Waals surface area contributed by atoms with E-state index in [1.165, 1.54) is 17.0 Å². The van der Waals surface area contributed by atoms with Crippen LogP contribution in [0.25, 0.3) is 11.3 Å². The Morgan fingerprint density at radius 3 is 2.73 bits per heavy atom. The molecule has 1 heterocycles. The van der Waals surface area contributed by atoms with Crippen molar-refractivity contribution in [3.63, 3.8) is 0 Å². The Hall–Kier alpha value is -2.63. The molecule has 2 rings (SSSR count). The van der Waals surface area contributed by atoms with E-state index >= 15 is 0 Å². The van der Waals surface area contributed by atoms with Gasteiger partial charge < -0.3 is 10.1 Å². The smallest absolute Gasteiger partial charge is 0.254 e. The number of hydrogen-bond donors (Lipinski definition) is 1. The van der Waals surface area contributed by atoms with Gasteiger partial charge in [-0.3, -0.25) is 14.2 Å². The van der Waals surface area contributed by atoms with E-state index < -0.39 is 0 Å². The molecule has 0 bridgehead atoms. The van der Waals surface area contributed by atoms with Crippen LogP contribution in [0.2, 0.25) is 0 Å². The summed E-state index contributed by atoms with van der Waals surface area (Å²) in [5.74, 6) is 0.425. The Labute approximate surface area is 128 Å². The molecule has 0 aliphatic rings. The van der Waals surface area contributed by atoms with Crippen LogP contribution in [0, 0.1) is 0 Å². The summed E-state index contributed by atoms with van der Waals surface area (Å²) in [7, 11) is 1.57. The first-order valence-electron chi connectivity index (χ1n) is 7.00. The molecule has 0 aliphatic heterocycles. The second-order valence-corrected chi connectivity index (χ2v) is 5.16. The molecule has 116 valence electrons. The molecule has 0 radical (unpaired) electrons.